The summed E-state index contributed by atoms with van der Waals surface area (Å²) in [6.45, 7) is 12.0. The van der Waals surface area contributed by atoms with Crippen molar-refractivity contribution in [1.29, 1.82) is 0 Å². The standard InChI is InChI=1S/C18H34O4/c1-7-9-10-11-13-21-16(19)15(17(20)22-14(3)4)18(5,6)12-8-2/h14-15H,7-13H2,1-6H3. The van der Waals surface area contributed by atoms with Crippen LogP contribution in [0.15, 0.2) is 0 Å². The van der Waals surface area contributed by atoms with Gasteiger partial charge in [0.1, 0.15) is 0 Å². The van der Waals surface area contributed by atoms with Crippen molar-refractivity contribution in [2.75, 3.05) is 6.61 Å². The minimum absolute atomic E-state index is 0.232. The Morgan fingerprint density at radius 1 is 0.955 bits per heavy atom. The van der Waals surface area contributed by atoms with Crippen molar-refractivity contribution in [2.24, 2.45) is 11.3 Å². The third-order valence-electron chi connectivity index (χ3n) is 3.74. The molecule has 4 nitrogen and oxygen atoms in total. The number of ether oxygens (including phenoxy) is 2. The first-order valence-electron chi connectivity index (χ1n) is 8.63. The van der Waals surface area contributed by atoms with Gasteiger partial charge in [0.25, 0.3) is 0 Å². The van der Waals surface area contributed by atoms with Gasteiger partial charge in [0.05, 0.1) is 12.7 Å². The molecular weight excluding hydrogens is 280 g/mol. The summed E-state index contributed by atoms with van der Waals surface area (Å²) < 4.78 is 10.6. The van der Waals surface area contributed by atoms with Gasteiger partial charge in [-0.25, -0.2) is 0 Å². The molecule has 0 heterocycles. The van der Waals surface area contributed by atoms with Gasteiger partial charge in [-0.2, -0.15) is 0 Å². The van der Waals surface area contributed by atoms with E-state index in [9.17, 15) is 9.59 Å². The van der Waals surface area contributed by atoms with Crippen molar-refractivity contribution in [3.8, 4) is 0 Å². The predicted molar refractivity (Wildman–Crippen MR) is 88.5 cm³/mol. The molecule has 0 rings (SSSR count). The highest BCUT2D eigenvalue weighted by Gasteiger charge is 2.43. The fraction of sp³-hybridized carbons (Fsp3) is 0.889. The summed E-state index contributed by atoms with van der Waals surface area (Å²) in [4.78, 5) is 24.7. The Morgan fingerprint density at radius 2 is 1.59 bits per heavy atom. The molecule has 0 bridgehead atoms. The van der Waals surface area contributed by atoms with Crippen molar-refractivity contribution in [2.45, 2.75) is 86.2 Å². The highest BCUT2D eigenvalue weighted by molar-refractivity contribution is 5.95. The number of carbonyl (C=O) groups is 2. The molecule has 130 valence electrons. The van der Waals surface area contributed by atoms with Crippen molar-refractivity contribution in [3.05, 3.63) is 0 Å². The van der Waals surface area contributed by atoms with Gasteiger partial charge in [-0.15, -0.1) is 0 Å². The Hall–Kier alpha value is -1.06. The number of hydrogen-bond donors (Lipinski definition) is 0. The minimum Gasteiger partial charge on any atom is -0.465 e. The van der Waals surface area contributed by atoms with Crippen LogP contribution in [-0.2, 0) is 19.1 Å². The van der Waals surface area contributed by atoms with Gasteiger partial charge < -0.3 is 9.47 Å². The Labute approximate surface area is 135 Å². The van der Waals surface area contributed by atoms with Crippen LogP contribution in [0, 0.1) is 11.3 Å². The molecule has 1 atom stereocenters. The molecule has 0 aromatic rings. The average molecular weight is 314 g/mol. The summed E-state index contributed by atoms with van der Waals surface area (Å²) in [6.07, 6.45) is 5.62. The fourth-order valence-electron chi connectivity index (χ4n) is 2.61. The van der Waals surface area contributed by atoms with E-state index in [0.29, 0.717) is 6.61 Å². The molecule has 0 saturated carbocycles. The molecule has 1 unspecified atom stereocenters. The van der Waals surface area contributed by atoms with Gasteiger partial charge in [0.2, 0.25) is 0 Å². The van der Waals surface area contributed by atoms with E-state index in [-0.39, 0.29) is 6.10 Å². The lowest BCUT2D eigenvalue weighted by Gasteiger charge is -2.31. The maximum atomic E-state index is 12.4. The van der Waals surface area contributed by atoms with Crippen LogP contribution in [0.5, 0.6) is 0 Å². The molecule has 0 aromatic heterocycles. The Bertz CT molecular complexity index is 334. The lowest BCUT2D eigenvalue weighted by molar-refractivity contribution is -0.170. The molecule has 0 aliphatic carbocycles. The van der Waals surface area contributed by atoms with E-state index in [4.69, 9.17) is 9.47 Å². The van der Waals surface area contributed by atoms with E-state index in [2.05, 4.69) is 6.92 Å². The minimum atomic E-state index is -0.846. The number of unbranched alkanes of at least 4 members (excludes halogenated alkanes) is 3. The molecule has 0 aromatic carbocycles. The summed E-state index contributed by atoms with van der Waals surface area (Å²) in [6, 6.07) is 0. The number of carbonyl (C=O) groups excluding carboxylic acids is 2. The Morgan fingerprint density at radius 3 is 2.09 bits per heavy atom. The summed E-state index contributed by atoms with van der Waals surface area (Å²) in [5.74, 6) is -1.76. The van der Waals surface area contributed by atoms with Crippen LogP contribution in [0.25, 0.3) is 0 Å². The van der Waals surface area contributed by atoms with Gasteiger partial charge in [-0.3, -0.25) is 9.59 Å². The summed E-state index contributed by atoms with van der Waals surface area (Å²) in [5.41, 5.74) is -0.457. The van der Waals surface area contributed by atoms with E-state index in [1.807, 2.05) is 20.8 Å². The number of hydrogen-bond acceptors (Lipinski definition) is 4. The van der Waals surface area contributed by atoms with Crippen molar-refractivity contribution in [3.63, 3.8) is 0 Å². The maximum absolute atomic E-state index is 12.4. The summed E-state index contributed by atoms with van der Waals surface area (Å²) in [5, 5.41) is 0. The molecular formula is C18H34O4. The highest BCUT2D eigenvalue weighted by atomic mass is 16.6. The Balaban J connectivity index is 4.76. The van der Waals surface area contributed by atoms with E-state index in [1.54, 1.807) is 13.8 Å². The first kappa shape index (κ1) is 20.9. The van der Waals surface area contributed by atoms with Crippen LogP contribution in [-0.4, -0.2) is 24.6 Å². The largest absolute Gasteiger partial charge is 0.465 e. The zero-order valence-corrected chi connectivity index (χ0v) is 15.2. The van der Waals surface area contributed by atoms with Crippen molar-refractivity contribution in [1.82, 2.24) is 0 Å². The molecule has 0 radical (unpaired) electrons. The molecule has 0 N–H and O–H groups in total. The monoisotopic (exact) mass is 314 g/mol. The molecule has 0 saturated heterocycles. The van der Waals surface area contributed by atoms with Crippen molar-refractivity contribution >= 4 is 11.9 Å². The molecule has 0 amide bonds. The first-order valence-corrected chi connectivity index (χ1v) is 8.63. The van der Waals surface area contributed by atoms with E-state index in [1.165, 1.54) is 0 Å². The van der Waals surface area contributed by atoms with Crippen LogP contribution in [0.4, 0.5) is 0 Å². The second kappa shape index (κ2) is 10.6. The third kappa shape index (κ3) is 7.81. The number of esters is 2. The normalized spacial score (nSPS) is 13.0. The second-order valence-electron chi connectivity index (χ2n) is 6.89. The molecule has 22 heavy (non-hydrogen) atoms. The van der Waals surface area contributed by atoms with Gasteiger partial charge in [-0.1, -0.05) is 53.4 Å². The van der Waals surface area contributed by atoms with Gasteiger partial charge >= 0.3 is 11.9 Å². The van der Waals surface area contributed by atoms with Gasteiger partial charge in [0, 0.05) is 0 Å². The topological polar surface area (TPSA) is 52.6 Å². The van der Waals surface area contributed by atoms with Crippen molar-refractivity contribution < 1.29 is 19.1 Å². The highest BCUT2D eigenvalue weighted by Crippen LogP contribution is 2.34. The second-order valence-corrected chi connectivity index (χ2v) is 6.89. The van der Waals surface area contributed by atoms with E-state index in [0.717, 1.165) is 38.5 Å². The molecule has 0 aliphatic heterocycles. The van der Waals surface area contributed by atoms with Gasteiger partial charge in [0.15, 0.2) is 5.92 Å². The van der Waals surface area contributed by atoms with E-state index < -0.39 is 23.3 Å². The zero-order valence-electron chi connectivity index (χ0n) is 15.2. The number of rotatable bonds is 11. The Kier molecular flexibility index (Phi) is 10.1. The first-order chi connectivity index (χ1) is 10.3. The quantitative estimate of drug-likeness (QED) is 0.320. The van der Waals surface area contributed by atoms with Crippen LogP contribution in [0.3, 0.4) is 0 Å². The summed E-state index contributed by atoms with van der Waals surface area (Å²) >= 11 is 0. The average Bonchev–Trinajstić information content (AvgIpc) is 2.37. The third-order valence-corrected chi connectivity index (χ3v) is 3.74. The molecule has 0 aliphatic rings. The summed E-state index contributed by atoms with van der Waals surface area (Å²) in [7, 11) is 0. The van der Waals surface area contributed by atoms with Crippen LogP contribution < -0.4 is 0 Å². The molecule has 4 heteroatoms. The van der Waals surface area contributed by atoms with Crippen LogP contribution in [0.1, 0.15) is 80.1 Å². The smallest absolute Gasteiger partial charge is 0.321 e. The van der Waals surface area contributed by atoms with Crippen LogP contribution >= 0.6 is 0 Å². The molecule has 0 fully saturated rings. The van der Waals surface area contributed by atoms with Crippen LogP contribution in [0.2, 0.25) is 0 Å². The SMILES string of the molecule is CCCCCCOC(=O)C(C(=O)OC(C)C)C(C)(C)CCC. The lowest BCUT2D eigenvalue weighted by atomic mass is 9.75. The zero-order chi connectivity index (χ0) is 17.2. The fourth-order valence-corrected chi connectivity index (χ4v) is 2.61. The maximum Gasteiger partial charge on any atom is 0.321 e. The molecule has 0 spiro atoms. The van der Waals surface area contributed by atoms with E-state index >= 15 is 0 Å². The lowest BCUT2D eigenvalue weighted by Crippen LogP contribution is -2.40. The van der Waals surface area contributed by atoms with Gasteiger partial charge in [-0.05, 0) is 32.1 Å². The predicted octanol–water partition coefficient (Wildman–Crippen LogP) is 4.50.